The third kappa shape index (κ3) is 4.87. The van der Waals surface area contributed by atoms with Gasteiger partial charge in [0.2, 0.25) is 0 Å². The molecule has 0 saturated heterocycles. The van der Waals surface area contributed by atoms with Crippen LogP contribution in [0.4, 0.5) is 0 Å². The number of hydrogen-bond acceptors (Lipinski definition) is 1. The van der Waals surface area contributed by atoms with Crippen LogP contribution in [0.3, 0.4) is 0 Å². The molecule has 0 aromatic carbocycles. The summed E-state index contributed by atoms with van der Waals surface area (Å²) in [4.78, 5) is 4.13. The molecule has 0 aliphatic rings. The average molecular weight is 181 g/mol. The Hall–Kier alpha value is -0.590. The second-order valence-electron chi connectivity index (χ2n) is 3.37. The quantitative estimate of drug-likeness (QED) is 0.409. The minimum atomic E-state index is 1.12. The van der Waals surface area contributed by atoms with Crippen LogP contribution >= 0.6 is 0 Å². The standard InChI is InChI=1S/C12H23N/c1-5-8-9-10-12(13-4)11(6-2)7-3/h4-10H2,1-3H3. The third-order valence-corrected chi connectivity index (χ3v) is 2.47. The Morgan fingerprint density at radius 2 is 1.69 bits per heavy atom. The molecule has 1 nitrogen and oxygen atoms in total. The molecule has 0 saturated carbocycles. The Bertz CT molecular complexity index is 162. The van der Waals surface area contributed by atoms with Crippen LogP contribution in [0.25, 0.3) is 0 Å². The monoisotopic (exact) mass is 181 g/mol. The first-order valence-corrected chi connectivity index (χ1v) is 5.47. The van der Waals surface area contributed by atoms with Crippen molar-refractivity contribution in [3.8, 4) is 0 Å². The number of unbranched alkanes of at least 4 members (excludes halogenated alkanes) is 2. The maximum absolute atomic E-state index is 4.13. The van der Waals surface area contributed by atoms with Gasteiger partial charge >= 0.3 is 0 Å². The van der Waals surface area contributed by atoms with E-state index < -0.39 is 0 Å². The number of rotatable bonds is 7. The lowest BCUT2D eigenvalue weighted by Crippen LogP contribution is -1.88. The predicted octanol–water partition coefficient (Wildman–Crippen LogP) is 4.34. The molecule has 0 atom stereocenters. The Balaban J connectivity index is 4.12. The number of nitrogens with zero attached hydrogens (tertiary/aromatic N) is 1. The lowest BCUT2D eigenvalue weighted by molar-refractivity contribution is 0.701. The summed E-state index contributed by atoms with van der Waals surface area (Å²) < 4.78 is 0. The van der Waals surface area contributed by atoms with Gasteiger partial charge in [0.15, 0.2) is 0 Å². The highest BCUT2D eigenvalue weighted by molar-refractivity contribution is 5.30. The summed E-state index contributed by atoms with van der Waals surface area (Å²) in [7, 11) is 0. The van der Waals surface area contributed by atoms with Crippen molar-refractivity contribution in [2.24, 2.45) is 4.99 Å². The highest BCUT2D eigenvalue weighted by Gasteiger charge is 2.00. The van der Waals surface area contributed by atoms with E-state index in [0.29, 0.717) is 0 Å². The molecule has 0 unspecified atom stereocenters. The van der Waals surface area contributed by atoms with Crippen molar-refractivity contribution < 1.29 is 0 Å². The highest BCUT2D eigenvalue weighted by Crippen LogP contribution is 2.19. The molecule has 0 rings (SSSR count). The molecule has 0 N–H and O–H groups in total. The summed E-state index contributed by atoms with van der Waals surface area (Å²) in [6.45, 7) is 10.3. The molecule has 0 aliphatic heterocycles. The first kappa shape index (κ1) is 12.4. The smallest absolute Gasteiger partial charge is 0.0388 e. The number of allylic oxidation sites excluding steroid dienone is 2. The molecule has 0 aromatic heterocycles. The van der Waals surface area contributed by atoms with E-state index in [9.17, 15) is 0 Å². The van der Waals surface area contributed by atoms with Crippen LogP contribution < -0.4 is 0 Å². The van der Waals surface area contributed by atoms with Crippen LogP contribution in [0.1, 0.15) is 59.3 Å². The van der Waals surface area contributed by atoms with E-state index in [1.165, 1.54) is 30.5 Å². The van der Waals surface area contributed by atoms with Crippen LogP contribution in [0, 0.1) is 0 Å². The SMILES string of the molecule is C=NC(CCCCC)=C(CC)CC. The fourth-order valence-corrected chi connectivity index (χ4v) is 1.57. The summed E-state index contributed by atoms with van der Waals surface area (Å²) >= 11 is 0. The van der Waals surface area contributed by atoms with Crippen LogP contribution in [-0.2, 0) is 0 Å². The maximum atomic E-state index is 4.13. The normalized spacial score (nSPS) is 9.77. The second-order valence-corrected chi connectivity index (χ2v) is 3.37. The minimum absolute atomic E-state index is 1.12. The molecular weight excluding hydrogens is 158 g/mol. The van der Waals surface area contributed by atoms with Crippen molar-refractivity contribution in [2.45, 2.75) is 59.3 Å². The Morgan fingerprint density at radius 3 is 2.08 bits per heavy atom. The Labute approximate surface area is 83.0 Å². The first-order valence-electron chi connectivity index (χ1n) is 5.47. The summed E-state index contributed by atoms with van der Waals surface area (Å²) in [5, 5.41) is 0. The zero-order chi connectivity index (χ0) is 10.1. The average Bonchev–Trinajstić information content (AvgIpc) is 2.17. The third-order valence-electron chi connectivity index (χ3n) is 2.47. The Morgan fingerprint density at radius 1 is 1.08 bits per heavy atom. The Kier molecular flexibility index (Phi) is 7.66. The lowest BCUT2D eigenvalue weighted by Gasteiger charge is -2.07. The van der Waals surface area contributed by atoms with Crippen LogP contribution in [0.15, 0.2) is 16.3 Å². The van der Waals surface area contributed by atoms with E-state index in [0.717, 1.165) is 19.3 Å². The zero-order valence-corrected chi connectivity index (χ0v) is 9.40. The molecule has 0 heterocycles. The van der Waals surface area contributed by atoms with Crippen molar-refractivity contribution in [2.75, 3.05) is 0 Å². The van der Waals surface area contributed by atoms with Crippen molar-refractivity contribution in [3.05, 3.63) is 11.3 Å². The van der Waals surface area contributed by atoms with E-state index in [1.807, 2.05) is 0 Å². The summed E-state index contributed by atoms with van der Waals surface area (Å²) in [5.41, 5.74) is 2.73. The van der Waals surface area contributed by atoms with Gasteiger partial charge in [-0.1, -0.05) is 33.6 Å². The molecule has 0 aromatic rings. The fraction of sp³-hybridized carbons (Fsp3) is 0.750. The predicted molar refractivity (Wildman–Crippen MR) is 61.3 cm³/mol. The maximum Gasteiger partial charge on any atom is 0.0388 e. The molecule has 13 heavy (non-hydrogen) atoms. The number of aliphatic imine (C=N–C) groups is 1. The molecule has 0 radical (unpaired) electrons. The molecule has 76 valence electrons. The van der Waals surface area contributed by atoms with Gasteiger partial charge in [-0.25, -0.2) is 0 Å². The molecule has 1 heteroatoms. The second kappa shape index (κ2) is 8.03. The van der Waals surface area contributed by atoms with Gasteiger partial charge in [0, 0.05) is 5.70 Å². The summed E-state index contributed by atoms with van der Waals surface area (Å²) in [6.07, 6.45) is 7.20. The van der Waals surface area contributed by atoms with Crippen molar-refractivity contribution in [1.29, 1.82) is 0 Å². The van der Waals surface area contributed by atoms with Gasteiger partial charge in [0.05, 0.1) is 0 Å². The molecule has 0 aliphatic carbocycles. The van der Waals surface area contributed by atoms with E-state index in [4.69, 9.17) is 0 Å². The van der Waals surface area contributed by atoms with Gasteiger partial charge in [0.1, 0.15) is 0 Å². The summed E-state index contributed by atoms with van der Waals surface area (Å²) in [6, 6.07) is 0. The molecule has 0 bridgehead atoms. The van der Waals surface area contributed by atoms with Crippen molar-refractivity contribution in [3.63, 3.8) is 0 Å². The molecule has 0 fully saturated rings. The fourth-order valence-electron chi connectivity index (χ4n) is 1.57. The van der Waals surface area contributed by atoms with Gasteiger partial charge in [-0.15, -0.1) is 0 Å². The van der Waals surface area contributed by atoms with E-state index in [-0.39, 0.29) is 0 Å². The molecule has 0 spiro atoms. The molecule has 0 amide bonds. The zero-order valence-electron chi connectivity index (χ0n) is 9.40. The van der Waals surface area contributed by atoms with Crippen LogP contribution in [-0.4, -0.2) is 6.72 Å². The van der Waals surface area contributed by atoms with E-state index >= 15 is 0 Å². The van der Waals surface area contributed by atoms with Crippen molar-refractivity contribution >= 4 is 6.72 Å². The minimum Gasteiger partial charge on any atom is -0.269 e. The van der Waals surface area contributed by atoms with Crippen molar-refractivity contribution in [1.82, 2.24) is 0 Å². The highest BCUT2D eigenvalue weighted by atomic mass is 14.7. The van der Waals surface area contributed by atoms with Gasteiger partial charge < -0.3 is 0 Å². The lowest BCUT2D eigenvalue weighted by atomic mass is 10.0. The van der Waals surface area contributed by atoms with E-state index in [2.05, 4.69) is 32.5 Å². The van der Waals surface area contributed by atoms with Gasteiger partial charge in [-0.3, -0.25) is 4.99 Å². The topological polar surface area (TPSA) is 12.4 Å². The molecular formula is C12H23N. The number of hydrogen-bond donors (Lipinski definition) is 0. The summed E-state index contributed by atoms with van der Waals surface area (Å²) in [5.74, 6) is 0. The van der Waals surface area contributed by atoms with Crippen LogP contribution in [0.2, 0.25) is 0 Å². The van der Waals surface area contributed by atoms with E-state index in [1.54, 1.807) is 0 Å². The van der Waals surface area contributed by atoms with Gasteiger partial charge in [0.25, 0.3) is 0 Å². The largest absolute Gasteiger partial charge is 0.269 e. The van der Waals surface area contributed by atoms with Gasteiger partial charge in [-0.2, -0.15) is 0 Å². The van der Waals surface area contributed by atoms with Crippen LogP contribution in [0.5, 0.6) is 0 Å². The van der Waals surface area contributed by atoms with Gasteiger partial charge in [-0.05, 0) is 38.0 Å². The first-order chi connectivity index (χ1) is 6.29.